The van der Waals surface area contributed by atoms with Gasteiger partial charge in [0.25, 0.3) is 0 Å². The Morgan fingerprint density at radius 3 is 0.982 bits per heavy atom. The average Bonchev–Trinajstić information content (AvgIpc) is 3.21. The highest BCUT2D eigenvalue weighted by Crippen LogP contribution is 2.73. The maximum Gasteiger partial charge on any atom is 0.164 e. The zero-order valence-electron chi connectivity index (χ0n) is 33.5. The molecule has 1 aromatic heterocycles. The largest absolute Gasteiger partial charge is 0.208 e. The van der Waals surface area contributed by atoms with Crippen LogP contribution in [0.15, 0.2) is 171 Å². The van der Waals surface area contributed by atoms with E-state index in [0.29, 0.717) is 29.5 Å². The lowest BCUT2D eigenvalue weighted by Crippen LogP contribution is -2.09. The normalized spacial score (nSPS) is 12.2. The summed E-state index contributed by atoms with van der Waals surface area (Å²) in [7, 11) is -1.91. The van der Waals surface area contributed by atoms with Crippen LogP contribution in [-0.2, 0) is 0 Å². The molecule has 0 N–H and O–H groups in total. The Kier molecular flexibility index (Phi) is 11.2. The molecule has 0 unspecified atom stereocenters. The molecule has 0 fully saturated rings. The van der Waals surface area contributed by atoms with E-state index in [-0.39, 0.29) is 0 Å². The molecule has 0 saturated carbocycles. The van der Waals surface area contributed by atoms with Crippen LogP contribution in [-0.4, -0.2) is 15.0 Å². The summed E-state index contributed by atoms with van der Waals surface area (Å²) in [6.07, 6.45) is 0. The van der Waals surface area contributed by atoms with Gasteiger partial charge in [0.1, 0.15) is 0 Å². The molecule has 0 amide bonds. The lowest BCUT2D eigenvalue weighted by atomic mass is 9.87. The summed E-state index contributed by atoms with van der Waals surface area (Å²) in [5.74, 6) is 3.33. The number of nitrogens with zero attached hydrogens (tertiary/aromatic N) is 3. The predicted octanol–water partition coefficient (Wildman–Crippen LogP) is 14.7. The predicted molar refractivity (Wildman–Crippen MR) is 232 cm³/mol. The highest BCUT2D eigenvalue weighted by Gasteiger charge is 2.34. The molecular weight excluding hydrogens is 687 g/mol. The molecule has 55 heavy (non-hydrogen) atoms. The second-order valence-electron chi connectivity index (χ2n) is 15.6. The van der Waals surface area contributed by atoms with Crippen LogP contribution in [0.2, 0.25) is 0 Å². The van der Waals surface area contributed by atoms with Crippen molar-refractivity contribution in [2.75, 3.05) is 0 Å². The Hall–Kier alpha value is -5.32. The molecule has 0 aliphatic heterocycles. The van der Waals surface area contributed by atoms with Crippen LogP contribution >= 0.6 is 10.0 Å². The fraction of sp³-hybridized carbons (Fsp3) is 0.235. The van der Waals surface area contributed by atoms with Gasteiger partial charge in [-0.25, -0.2) is 15.0 Å². The van der Waals surface area contributed by atoms with E-state index >= 15 is 0 Å². The minimum absolute atomic E-state index is 0.293. The van der Waals surface area contributed by atoms with Crippen LogP contribution in [0.3, 0.4) is 0 Å². The Labute approximate surface area is 330 Å². The van der Waals surface area contributed by atoms with Crippen molar-refractivity contribution >= 4 is 10.0 Å². The third kappa shape index (κ3) is 7.28. The van der Waals surface area contributed by atoms with Crippen molar-refractivity contribution in [1.29, 1.82) is 0 Å². The lowest BCUT2D eigenvalue weighted by Gasteiger charge is -2.42. The van der Waals surface area contributed by atoms with Crippen LogP contribution < -0.4 is 0 Å². The quantitative estimate of drug-likeness (QED) is 0.133. The molecular formula is C51H53N3S. The Bertz CT molecular complexity index is 2150. The minimum Gasteiger partial charge on any atom is -0.208 e. The van der Waals surface area contributed by atoms with Crippen molar-refractivity contribution in [1.82, 2.24) is 15.0 Å². The van der Waals surface area contributed by atoms with Crippen molar-refractivity contribution in [3.05, 3.63) is 174 Å². The van der Waals surface area contributed by atoms with Gasteiger partial charge in [0.05, 0.1) is 0 Å². The van der Waals surface area contributed by atoms with E-state index in [1.165, 1.54) is 41.8 Å². The molecule has 0 radical (unpaired) electrons. The summed E-state index contributed by atoms with van der Waals surface area (Å²) in [5, 5.41) is 0. The first kappa shape index (κ1) is 38.0. The van der Waals surface area contributed by atoms with Crippen molar-refractivity contribution in [3.63, 3.8) is 0 Å². The standard InChI is InChI=1S/C51H53N3S/c1-34(2)43-29-19-30-44(35(3)4)47(43)50-52-49(53-51(54-50)48-45(36(5)6)31-20-32-46(48)37(7)8)38-21-18-28-42(33-38)55(39-22-12-9-13-23-39,40-24-14-10-15-25-40)41-26-16-11-17-27-41/h9-37H,1-8H3. The van der Waals surface area contributed by atoms with Crippen LogP contribution in [0.25, 0.3) is 34.2 Å². The highest BCUT2D eigenvalue weighted by atomic mass is 32.3. The lowest BCUT2D eigenvalue weighted by molar-refractivity contribution is 0.828. The number of hydrogen-bond donors (Lipinski definition) is 0. The molecule has 1 heterocycles. The molecule has 0 aliphatic carbocycles. The summed E-state index contributed by atoms with van der Waals surface area (Å²) in [6, 6.07) is 55.4. The van der Waals surface area contributed by atoms with Crippen molar-refractivity contribution < 1.29 is 0 Å². The SMILES string of the molecule is CC(C)c1cccc(C(C)C)c1-c1nc(-c2cccc(S(c3ccccc3)(c3ccccc3)c3ccccc3)c2)nc(-c2c(C(C)C)cccc2C(C)C)n1. The van der Waals surface area contributed by atoms with Gasteiger partial charge in [0.2, 0.25) is 0 Å². The summed E-state index contributed by atoms with van der Waals surface area (Å²) in [6.45, 7) is 18.1. The van der Waals surface area contributed by atoms with Gasteiger partial charge < -0.3 is 0 Å². The molecule has 0 atom stereocenters. The van der Waals surface area contributed by atoms with E-state index in [1.807, 2.05) is 0 Å². The molecule has 0 saturated heterocycles. The zero-order chi connectivity index (χ0) is 38.7. The van der Waals surface area contributed by atoms with Gasteiger partial charge in [-0.05, 0) is 94.5 Å². The maximum atomic E-state index is 5.47. The average molecular weight is 740 g/mol. The van der Waals surface area contributed by atoms with E-state index in [1.54, 1.807) is 0 Å². The van der Waals surface area contributed by atoms with Crippen molar-refractivity contribution in [3.8, 4) is 34.2 Å². The molecule has 7 aromatic rings. The first-order valence-electron chi connectivity index (χ1n) is 19.7. The van der Waals surface area contributed by atoms with Gasteiger partial charge in [0.15, 0.2) is 17.5 Å². The first-order valence-corrected chi connectivity index (χ1v) is 21.4. The molecule has 4 heteroatoms. The van der Waals surface area contributed by atoms with Crippen molar-refractivity contribution in [2.24, 2.45) is 0 Å². The zero-order valence-corrected chi connectivity index (χ0v) is 34.3. The molecule has 6 aromatic carbocycles. The van der Waals surface area contributed by atoms with Gasteiger partial charge in [0, 0.05) is 36.3 Å². The van der Waals surface area contributed by atoms with Gasteiger partial charge in [-0.15, -0.1) is 10.0 Å². The molecule has 0 spiro atoms. The molecule has 0 aliphatic rings. The van der Waals surface area contributed by atoms with E-state index in [4.69, 9.17) is 15.0 Å². The van der Waals surface area contributed by atoms with Crippen LogP contribution in [0, 0.1) is 0 Å². The van der Waals surface area contributed by atoms with Gasteiger partial charge in [-0.2, -0.15) is 0 Å². The second kappa shape index (κ2) is 16.2. The van der Waals surface area contributed by atoms with Gasteiger partial charge in [-0.3, -0.25) is 0 Å². The topological polar surface area (TPSA) is 38.7 Å². The molecule has 0 bridgehead atoms. The fourth-order valence-corrected chi connectivity index (χ4v) is 11.8. The van der Waals surface area contributed by atoms with E-state index in [9.17, 15) is 0 Å². The summed E-state index contributed by atoms with van der Waals surface area (Å²) in [4.78, 5) is 21.5. The molecule has 3 nitrogen and oxygen atoms in total. The van der Waals surface area contributed by atoms with E-state index < -0.39 is 10.0 Å². The van der Waals surface area contributed by atoms with E-state index in [2.05, 4.69) is 207 Å². The summed E-state index contributed by atoms with van der Waals surface area (Å²) < 4.78 is 0. The number of rotatable bonds is 11. The summed E-state index contributed by atoms with van der Waals surface area (Å²) in [5.41, 5.74) is 8.24. The third-order valence-corrected chi connectivity index (χ3v) is 14.5. The summed E-state index contributed by atoms with van der Waals surface area (Å²) >= 11 is 0. The number of benzene rings is 6. The Morgan fingerprint density at radius 2 is 0.636 bits per heavy atom. The monoisotopic (exact) mass is 739 g/mol. The van der Waals surface area contributed by atoms with Gasteiger partial charge >= 0.3 is 0 Å². The molecule has 278 valence electrons. The third-order valence-electron chi connectivity index (χ3n) is 10.6. The molecule has 7 rings (SSSR count). The van der Waals surface area contributed by atoms with Crippen molar-refractivity contribution in [2.45, 2.75) is 98.6 Å². The smallest absolute Gasteiger partial charge is 0.164 e. The second-order valence-corrected chi connectivity index (χ2v) is 18.7. The van der Waals surface area contributed by atoms with Crippen LogP contribution in [0.4, 0.5) is 0 Å². The fourth-order valence-electron chi connectivity index (χ4n) is 7.86. The number of hydrogen-bond acceptors (Lipinski definition) is 3. The van der Waals surface area contributed by atoms with Gasteiger partial charge in [-0.1, -0.05) is 159 Å². The van der Waals surface area contributed by atoms with Crippen LogP contribution in [0.1, 0.15) is 101 Å². The Balaban J connectivity index is 1.57. The number of aromatic nitrogens is 3. The maximum absolute atomic E-state index is 5.47. The minimum atomic E-state index is -1.91. The van der Waals surface area contributed by atoms with Crippen LogP contribution in [0.5, 0.6) is 0 Å². The Morgan fingerprint density at radius 1 is 0.327 bits per heavy atom. The van der Waals surface area contributed by atoms with E-state index in [0.717, 1.165) is 28.3 Å². The first-order chi connectivity index (χ1) is 26.6. The highest BCUT2D eigenvalue weighted by molar-refractivity contribution is 8.34.